The summed E-state index contributed by atoms with van der Waals surface area (Å²) in [6.45, 7) is 0. The number of ether oxygens (including phenoxy) is 1. The number of carbonyl (C=O) groups excluding carboxylic acids is 1. The van der Waals surface area contributed by atoms with Gasteiger partial charge in [0.2, 0.25) is 0 Å². The van der Waals surface area contributed by atoms with E-state index < -0.39 is 5.97 Å². The predicted octanol–water partition coefficient (Wildman–Crippen LogP) is 1.45. The van der Waals surface area contributed by atoms with Crippen LogP contribution in [0.4, 0.5) is 0 Å². The molecular formula is C12H14O4. The molecule has 1 aromatic rings. The molecule has 0 bridgehead atoms. The van der Waals surface area contributed by atoms with E-state index in [0.29, 0.717) is 18.6 Å². The molecule has 0 saturated heterocycles. The van der Waals surface area contributed by atoms with E-state index in [2.05, 4.69) is 0 Å². The minimum Gasteiger partial charge on any atom is -0.496 e. The van der Waals surface area contributed by atoms with Crippen LogP contribution in [0, 0.1) is 0 Å². The molecule has 0 amide bonds. The van der Waals surface area contributed by atoms with E-state index in [0.717, 1.165) is 17.4 Å². The Hall–Kier alpha value is -1.84. The second kappa shape index (κ2) is 5.90. The topological polar surface area (TPSA) is 63.6 Å². The smallest absolute Gasteiger partial charge is 0.303 e. The molecule has 1 rings (SSSR count). The molecule has 0 radical (unpaired) electrons. The van der Waals surface area contributed by atoms with Gasteiger partial charge in [0.25, 0.3) is 0 Å². The molecule has 0 aliphatic rings. The Bertz CT molecular complexity index is 385. The lowest BCUT2D eigenvalue weighted by Gasteiger charge is -2.08. The van der Waals surface area contributed by atoms with Gasteiger partial charge < -0.3 is 14.6 Å². The summed E-state index contributed by atoms with van der Waals surface area (Å²) >= 11 is 0. The van der Waals surface area contributed by atoms with E-state index in [9.17, 15) is 9.59 Å². The third kappa shape index (κ3) is 3.38. The highest BCUT2D eigenvalue weighted by atomic mass is 16.5. The minimum absolute atomic E-state index is 0.0934. The van der Waals surface area contributed by atoms with Crippen molar-refractivity contribution in [1.29, 1.82) is 0 Å². The molecule has 0 heterocycles. The highest BCUT2D eigenvalue weighted by Crippen LogP contribution is 2.21. The van der Waals surface area contributed by atoms with Crippen LogP contribution in [0.15, 0.2) is 18.2 Å². The van der Waals surface area contributed by atoms with Gasteiger partial charge in [-0.05, 0) is 18.1 Å². The van der Waals surface area contributed by atoms with Gasteiger partial charge in [0.15, 0.2) is 0 Å². The average Bonchev–Trinajstić information content (AvgIpc) is 2.28. The molecule has 16 heavy (non-hydrogen) atoms. The second-order valence-electron chi connectivity index (χ2n) is 3.41. The summed E-state index contributed by atoms with van der Waals surface area (Å²) in [5, 5.41) is 8.56. The molecule has 4 heteroatoms. The molecule has 0 aliphatic carbocycles. The van der Waals surface area contributed by atoms with Crippen LogP contribution in [0.5, 0.6) is 5.75 Å². The van der Waals surface area contributed by atoms with Crippen LogP contribution < -0.4 is 4.74 Å². The van der Waals surface area contributed by atoms with E-state index in [1.165, 1.54) is 7.11 Å². The summed E-state index contributed by atoms with van der Waals surface area (Å²) < 4.78 is 5.14. The number of aldehydes is 1. The molecule has 86 valence electrons. The second-order valence-corrected chi connectivity index (χ2v) is 3.41. The molecule has 0 unspecified atom stereocenters. The standard InChI is InChI=1S/C12H14O4/c1-16-11-8-9(3-5-12(14)15)2-4-10(11)6-7-13/h2,4,7-8H,3,5-6H2,1H3,(H,14,15). The monoisotopic (exact) mass is 222 g/mol. The Labute approximate surface area is 93.9 Å². The maximum absolute atomic E-state index is 10.4. The fraction of sp³-hybridized carbons (Fsp3) is 0.333. The molecule has 0 saturated carbocycles. The van der Waals surface area contributed by atoms with Crippen molar-refractivity contribution in [1.82, 2.24) is 0 Å². The van der Waals surface area contributed by atoms with E-state index in [1.807, 2.05) is 6.07 Å². The lowest BCUT2D eigenvalue weighted by Crippen LogP contribution is -1.99. The van der Waals surface area contributed by atoms with Gasteiger partial charge in [0, 0.05) is 18.4 Å². The summed E-state index contributed by atoms with van der Waals surface area (Å²) in [7, 11) is 1.53. The van der Waals surface area contributed by atoms with E-state index in [-0.39, 0.29) is 6.42 Å². The fourth-order valence-corrected chi connectivity index (χ4v) is 1.45. The lowest BCUT2D eigenvalue weighted by atomic mass is 10.0. The Morgan fingerprint density at radius 3 is 2.81 bits per heavy atom. The average molecular weight is 222 g/mol. The molecule has 4 nitrogen and oxygen atoms in total. The first kappa shape index (κ1) is 12.2. The van der Waals surface area contributed by atoms with Crippen LogP contribution in [0.1, 0.15) is 17.5 Å². The van der Waals surface area contributed by atoms with E-state index >= 15 is 0 Å². The van der Waals surface area contributed by atoms with Crippen LogP contribution in [-0.4, -0.2) is 24.5 Å². The van der Waals surface area contributed by atoms with Gasteiger partial charge in [-0.2, -0.15) is 0 Å². The Morgan fingerprint density at radius 1 is 1.50 bits per heavy atom. The van der Waals surface area contributed by atoms with Gasteiger partial charge >= 0.3 is 5.97 Å². The van der Waals surface area contributed by atoms with Gasteiger partial charge in [-0.3, -0.25) is 4.79 Å². The first-order valence-electron chi connectivity index (χ1n) is 4.98. The largest absolute Gasteiger partial charge is 0.496 e. The van der Waals surface area contributed by atoms with Crippen LogP contribution in [0.2, 0.25) is 0 Å². The summed E-state index contributed by atoms with van der Waals surface area (Å²) in [5.74, 6) is -0.189. The number of hydrogen-bond acceptors (Lipinski definition) is 3. The highest BCUT2D eigenvalue weighted by Gasteiger charge is 2.05. The maximum atomic E-state index is 10.4. The summed E-state index contributed by atoms with van der Waals surface area (Å²) in [4.78, 5) is 20.8. The molecule has 0 aliphatic heterocycles. The number of hydrogen-bond donors (Lipinski definition) is 1. The zero-order chi connectivity index (χ0) is 12.0. The summed E-state index contributed by atoms with van der Waals surface area (Å²) in [6, 6.07) is 5.40. The van der Waals surface area contributed by atoms with Crippen molar-refractivity contribution in [3.8, 4) is 5.75 Å². The number of aliphatic carboxylic acids is 1. The van der Waals surface area contributed by atoms with Gasteiger partial charge in [-0.15, -0.1) is 0 Å². The van der Waals surface area contributed by atoms with Crippen molar-refractivity contribution in [2.24, 2.45) is 0 Å². The SMILES string of the molecule is COc1cc(CCC(=O)O)ccc1CC=O. The van der Waals surface area contributed by atoms with E-state index in [1.54, 1.807) is 12.1 Å². The quantitative estimate of drug-likeness (QED) is 0.740. The van der Waals surface area contributed by atoms with Gasteiger partial charge in [-0.25, -0.2) is 0 Å². The normalized spacial score (nSPS) is 9.81. The van der Waals surface area contributed by atoms with Crippen molar-refractivity contribution in [3.63, 3.8) is 0 Å². The van der Waals surface area contributed by atoms with E-state index in [4.69, 9.17) is 9.84 Å². The molecular weight excluding hydrogens is 208 g/mol. The number of carboxylic acid groups (broad SMARTS) is 1. The molecule has 0 aromatic heterocycles. The van der Waals surface area contributed by atoms with Crippen LogP contribution >= 0.6 is 0 Å². The van der Waals surface area contributed by atoms with Gasteiger partial charge in [0.05, 0.1) is 7.11 Å². The van der Waals surface area contributed by atoms with Crippen molar-refractivity contribution in [2.45, 2.75) is 19.3 Å². The third-order valence-electron chi connectivity index (χ3n) is 2.28. The Kier molecular flexibility index (Phi) is 4.51. The first-order valence-corrected chi connectivity index (χ1v) is 4.98. The molecule has 0 spiro atoms. The fourth-order valence-electron chi connectivity index (χ4n) is 1.45. The lowest BCUT2D eigenvalue weighted by molar-refractivity contribution is -0.136. The number of aryl methyl sites for hydroxylation is 1. The minimum atomic E-state index is -0.823. The molecule has 0 fully saturated rings. The number of benzene rings is 1. The predicted molar refractivity (Wildman–Crippen MR) is 58.7 cm³/mol. The first-order chi connectivity index (χ1) is 7.67. The highest BCUT2D eigenvalue weighted by molar-refractivity contribution is 5.67. The van der Waals surface area contributed by atoms with Gasteiger partial charge in [0.1, 0.15) is 12.0 Å². The van der Waals surface area contributed by atoms with Crippen molar-refractivity contribution in [2.75, 3.05) is 7.11 Å². The maximum Gasteiger partial charge on any atom is 0.303 e. The van der Waals surface area contributed by atoms with Crippen LogP contribution in [-0.2, 0) is 22.4 Å². The number of carbonyl (C=O) groups is 2. The van der Waals surface area contributed by atoms with Crippen molar-refractivity contribution < 1.29 is 19.4 Å². The van der Waals surface area contributed by atoms with Crippen LogP contribution in [0.25, 0.3) is 0 Å². The summed E-state index contributed by atoms with van der Waals surface area (Å²) in [6.07, 6.45) is 1.68. The van der Waals surface area contributed by atoms with Crippen molar-refractivity contribution >= 4 is 12.3 Å². The van der Waals surface area contributed by atoms with Crippen molar-refractivity contribution in [3.05, 3.63) is 29.3 Å². The number of carboxylic acids is 1. The summed E-state index contributed by atoms with van der Waals surface area (Å²) in [5.41, 5.74) is 1.71. The number of methoxy groups -OCH3 is 1. The Morgan fingerprint density at radius 2 is 2.25 bits per heavy atom. The molecule has 0 atom stereocenters. The van der Waals surface area contributed by atoms with Gasteiger partial charge in [-0.1, -0.05) is 12.1 Å². The Balaban J connectivity index is 2.81. The zero-order valence-electron chi connectivity index (χ0n) is 9.10. The number of rotatable bonds is 6. The molecule has 1 N–H and O–H groups in total. The molecule has 1 aromatic carbocycles. The third-order valence-corrected chi connectivity index (χ3v) is 2.28. The zero-order valence-corrected chi connectivity index (χ0v) is 9.10. The van der Waals surface area contributed by atoms with Crippen LogP contribution in [0.3, 0.4) is 0 Å².